The van der Waals surface area contributed by atoms with E-state index in [-0.39, 0.29) is 11.3 Å². The van der Waals surface area contributed by atoms with Crippen LogP contribution in [-0.2, 0) is 14.9 Å². The number of benzene rings is 1. The van der Waals surface area contributed by atoms with Gasteiger partial charge < -0.3 is 14.4 Å². The summed E-state index contributed by atoms with van der Waals surface area (Å²) in [4.78, 5) is 24.3. The Kier molecular flexibility index (Phi) is 3.50. The van der Waals surface area contributed by atoms with E-state index >= 15 is 0 Å². The van der Waals surface area contributed by atoms with Gasteiger partial charge in [-0.05, 0) is 36.6 Å². The molecule has 29 heavy (non-hydrogen) atoms. The summed E-state index contributed by atoms with van der Waals surface area (Å²) in [6.07, 6.45) is 5.54. The number of methoxy groups -OCH3 is 1. The van der Waals surface area contributed by atoms with Gasteiger partial charge in [0.15, 0.2) is 0 Å². The van der Waals surface area contributed by atoms with E-state index in [0.29, 0.717) is 11.8 Å². The molecule has 1 aromatic carbocycles. The number of pyridine rings is 2. The molecule has 3 aliphatic rings. The molecule has 0 atom stereocenters. The van der Waals surface area contributed by atoms with E-state index in [4.69, 9.17) is 9.47 Å². The second-order valence-corrected chi connectivity index (χ2v) is 8.24. The van der Waals surface area contributed by atoms with Crippen LogP contribution in [0.1, 0.15) is 18.4 Å². The van der Waals surface area contributed by atoms with E-state index in [1.165, 1.54) is 0 Å². The topological polar surface area (TPSA) is 64.5 Å². The number of ether oxygens (including phenoxy) is 2. The summed E-state index contributed by atoms with van der Waals surface area (Å²) in [6, 6.07) is 10.1. The Bertz CT molecular complexity index is 1130. The maximum Gasteiger partial charge on any atom is 0.237 e. The number of carbonyl (C=O) groups is 1. The van der Waals surface area contributed by atoms with Crippen LogP contribution in [0.25, 0.3) is 22.0 Å². The summed E-state index contributed by atoms with van der Waals surface area (Å²) >= 11 is 0. The van der Waals surface area contributed by atoms with Crippen molar-refractivity contribution in [2.24, 2.45) is 5.92 Å². The molecule has 6 nitrogen and oxygen atoms in total. The van der Waals surface area contributed by atoms with E-state index in [1.54, 1.807) is 7.11 Å². The molecule has 0 bridgehead atoms. The number of aromatic nitrogens is 2. The fourth-order valence-corrected chi connectivity index (χ4v) is 4.63. The minimum Gasteiger partial charge on any atom is -0.481 e. The van der Waals surface area contributed by atoms with Crippen LogP contribution in [0, 0.1) is 5.92 Å². The summed E-state index contributed by atoms with van der Waals surface area (Å²) in [5.74, 6) is 1.26. The SMILES string of the molecule is COc1ccc(-c2ccc3ncc4c(c3c2)C2(CC2)C(=O)N4CC2COC2)cn1. The molecule has 3 aromatic rings. The predicted octanol–water partition coefficient (Wildman–Crippen LogP) is 3.33. The molecule has 2 fully saturated rings. The van der Waals surface area contributed by atoms with E-state index < -0.39 is 0 Å². The van der Waals surface area contributed by atoms with Crippen molar-refractivity contribution in [3.05, 3.63) is 48.3 Å². The van der Waals surface area contributed by atoms with E-state index in [9.17, 15) is 4.79 Å². The molecule has 0 N–H and O–H groups in total. The molecular weight excluding hydrogens is 366 g/mol. The van der Waals surface area contributed by atoms with Crippen LogP contribution in [0.2, 0.25) is 0 Å². The van der Waals surface area contributed by atoms with Gasteiger partial charge in [-0.15, -0.1) is 0 Å². The zero-order valence-corrected chi connectivity index (χ0v) is 16.2. The molecule has 1 aliphatic carbocycles. The number of nitrogens with zero attached hydrogens (tertiary/aromatic N) is 3. The minimum atomic E-state index is -0.349. The van der Waals surface area contributed by atoms with Gasteiger partial charge >= 0.3 is 0 Å². The molecule has 0 unspecified atom stereocenters. The van der Waals surface area contributed by atoms with E-state index in [0.717, 1.165) is 65.9 Å². The van der Waals surface area contributed by atoms with Gasteiger partial charge in [0.05, 0.1) is 43.1 Å². The van der Waals surface area contributed by atoms with Crippen LogP contribution in [0.5, 0.6) is 5.88 Å². The highest BCUT2D eigenvalue weighted by Crippen LogP contribution is 2.59. The third-order valence-corrected chi connectivity index (χ3v) is 6.45. The molecule has 6 heteroatoms. The standard InChI is InChI=1S/C23H21N3O3/c1-28-20-5-3-16(9-25-20)15-2-4-18-17(8-15)21-19(10-24-18)26(11-14-12-29-13-14)22(27)23(21)6-7-23/h2-5,8-10,14H,6-7,11-13H2,1H3. The van der Waals surface area contributed by atoms with Gasteiger partial charge in [0.25, 0.3) is 0 Å². The van der Waals surface area contributed by atoms with E-state index in [2.05, 4.69) is 22.1 Å². The maximum absolute atomic E-state index is 13.3. The van der Waals surface area contributed by atoms with Crippen molar-refractivity contribution in [1.82, 2.24) is 9.97 Å². The predicted molar refractivity (Wildman–Crippen MR) is 109 cm³/mol. The minimum absolute atomic E-state index is 0.241. The molecule has 2 aliphatic heterocycles. The molecule has 1 amide bonds. The lowest BCUT2D eigenvalue weighted by atomic mass is 9.92. The number of hydrogen-bond donors (Lipinski definition) is 0. The Labute approximate surface area is 168 Å². The van der Waals surface area contributed by atoms with Crippen molar-refractivity contribution >= 4 is 22.5 Å². The molecule has 4 heterocycles. The molecule has 1 saturated carbocycles. The van der Waals surface area contributed by atoms with Crippen LogP contribution < -0.4 is 9.64 Å². The summed E-state index contributed by atoms with van der Waals surface area (Å²) in [7, 11) is 1.61. The molecule has 2 aromatic heterocycles. The second kappa shape index (κ2) is 6.00. The van der Waals surface area contributed by atoms with Crippen LogP contribution in [0.3, 0.4) is 0 Å². The van der Waals surface area contributed by atoms with Crippen LogP contribution in [-0.4, -0.2) is 42.7 Å². The Hall–Kier alpha value is -2.99. The van der Waals surface area contributed by atoms with Gasteiger partial charge in [0.1, 0.15) is 0 Å². The van der Waals surface area contributed by atoms with Gasteiger partial charge in [-0.25, -0.2) is 4.98 Å². The molecule has 1 saturated heterocycles. The number of rotatable bonds is 4. The largest absolute Gasteiger partial charge is 0.481 e. The molecular formula is C23H21N3O3. The highest BCUT2D eigenvalue weighted by Gasteiger charge is 2.60. The zero-order chi connectivity index (χ0) is 19.6. The first-order chi connectivity index (χ1) is 14.2. The van der Waals surface area contributed by atoms with Gasteiger partial charge in [-0.2, -0.15) is 0 Å². The van der Waals surface area contributed by atoms with Crippen molar-refractivity contribution in [3.63, 3.8) is 0 Å². The normalized spacial score (nSPS) is 19.5. The number of fused-ring (bicyclic) bond motifs is 4. The highest BCUT2D eigenvalue weighted by molar-refractivity contribution is 6.14. The average Bonchev–Trinajstić information content (AvgIpc) is 3.49. The molecule has 0 radical (unpaired) electrons. The summed E-state index contributed by atoms with van der Waals surface area (Å²) in [5, 5.41) is 1.08. The van der Waals surface area contributed by atoms with E-state index in [1.807, 2.05) is 35.5 Å². The van der Waals surface area contributed by atoms with Crippen molar-refractivity contribution < 1.29 is 14.3 Å². The number of anilines is 1. The summed E-state index contributed by atoms with van der Waals surface area (Å²) in [6.45, 7) is 2.20. The first-order valence-electron chi connectivity index (χ1n) is 10.0. The van der Waals surface area contributed by atoms with Crippen LogP contribution in [0.4, 0.5) is 5.69 Å². The zero-order valence-electron chi connectivity index (χ0n) is 16.2. The van der Waals surface area contributed by atoms with Crippen molar-refractivity contribution in [2.45, 2.75) is 18.3 Å². The van der Waals surface area contributed by atoms with Crippen molar-refractivity contribution in [2.75, 3.05) is 31.8 Å². The highest BCUT2D eigenvalue weighted by atomic mass is 16.5. The van der Waals surface area contributed by atoms with Gasteiger partial charge in [0, 0.05) is 41.2 Å². The summed E-state index contributed by atoms with van der Waals surface area (Å²) < 4.78 is 10.5. The fourth-order valence-electron chi connectivity index (χ4n) is 4.63. The lowest BCUT2D eigenvalue weighted by Gasteiger charge is -2.30. The third-order valence-electron chi connectivity index (χ3n) is 6.45. The van der Waals surface area contributed by atoms with Gasteiger partial charge in [-0.3, -0.25) is 9.78 Å². The number of hydrogen-bond acceptors (Lipinski definition) is 5. The Morgan fingerprint density at radius 2 is 1.97 bits per heavy atom. The smallest absolute Gasteiger partial charge is 0.237 e. The molecule has 6 rings (SSSR count). The van der Waals surface area contributed by atoms with Gasteiger partial charge in [0.2, 0.25) is 11.8 Å². The fraction of sp³-hybridized carbons (Fsp3) is 0.348. The quantitative estimate of drug-likeness (QED) is 0.687. The lowest BCUT2D eigenvalue weighted by Crippen LogP contribution is -2.42. The third kappa shape index (κ3) is 2.42. The van der Waals surface area contributed by atoms with Crippen molar-refractivity contribution in [1.29, 1.82) is 0 Å². The van der Waals surface area contributed by atoms with Crippen LogP contribution >= 0.6 is 0 Å². The van der Waals surface area contributed by atoms with Gasteiger partial charge in [-0.1, -0.05) is 6.07 Å². The Morgan fingerprint density at radius 1 is 1.14 bits per heavy atom. The Morgan fingerprint density at radius 3 is 2.62 bits per heavy atom. The monoisotopic (exact) mass is 387 g/mol. The first kappa shape index (κ1) is 16.9. The lowest BCUT2D eigenvalue weighted by molar-refractivity contribution is -0.121. The average molecular weight is 387 g/mol. The molecule has 146 valence electrons. The number of carbonyl (C=O) groups excluding carboxylic acids is 1. The van der Waals surface area contributed by atoms with Crippen molar-refractivity contribution in [3.8, 4) is 17.0 Å². The second-order valence-electron chi connectivity index (χ2n) is 8.24. The first-order valence-corrected chi connectivity index (χ1v) is 10.0. The summed E-state index contributed by atoms with van der Waals surface area (Å²) in [5.41, 5.74) is 4.81. The number of amides is 1. The maximum atomic E-state index is 13.3. The molecule has 1 spiro atoms. The Balaban J connectivity index is 1.49. The van der Waals surface area contributed by atoms with Crippen LogP contribution in [0.15, 0.2) is 42.7 Å².